The molecule has 0 aliphatic heterocycles. The van der Waals surface area contributed by atoms with E-state index in [1.54, 1.807) is 49.4 Å². The number of methoxy groups -OCH3 is 2. The number of aromatic nitrogens is 1. The van der Waals surface area contributed by atoms with Gasteiger partial charge in [-0.25, -0.2) is 0 Å². The molecule has 0 fully saturated rings. The molecule has 0 radical (unpaired) electrons. The Bertz CT molecular complexity index is 1010. The third-order valence-electron chi connectivity index (χ3n) is 3.91. The van der Waals surface area contributed by atoms with Crippen molar-refractivity contribution >= 4 is 23.3 Å². The maximum atomic E-state index is 12.7. The van der Waals surface area contributed by atoms with Gasteiger partial charge in [-0.05, 0) is 37.3 Å². The molecular formula is C20H19N3O5. The Morgan fingerprint density at radius 1 is 0.929 bits per heavy atom. The van der Waals surface area contributed by atoms with E-state index in [9.17, 15) is 9.59 Å². The summed E-state index contributed by atoms with van der Waals surface area (Å²) in [5, 5.41) is 9.10. The summed E-state index contributed by atoms with van der Waals surface area (Å²) in [4.78, 5) is 25.0. The Hall–Kier alpha value is -3.81. The molecule has 0 bridgehead atoms. The second-order valence-corrected chi connectivity index (χ2v) is 5.88. The summed E-state index contributed by atoms with van der Waals surface area (Å²) >= 11 is 0. The average molecular weight is 381 g/mol. The molecule has 0 atom stereocenters. The third kappa shape index (κ3) is 4.29. The molecule has 0 aliphatic carbocycles. The van der Waals surface area contributed by atoms with Gasteiger partial charge in [-0.2, -0.15) is 0 Å². The van der Waals surface area contributed by atoms with Gasteiger partial charge in [-0.15, -0.1) is 0 Å². The number of nitrogens with zero attached hydrogens (tertiary/aromatic N) is 1. The van der Waals surface area contributed by atoms with Crippen LogP contribution in [-0.4, -0.2) is 31.2 Å². The number of rotatable bonds is 6. The van der Waals surface area contributed by atoms with E-state index in [0.717, 1.165) is 0 Å². The SMILES string of the molecule is COc1ccc(OC)c(NC(=O)c2cccc(C(=O)Nc3cc(C)on3)c2)c1. The zero-order valence-corrected chi connectivity index (χ0v) is 15.6. The van der Waals surface area contributed by atoms with Crippen LogP contribution in [0.25, 0.3) is 0 Å². The summed E-state index contributed by atoms with van der Waals surface area (Å²) in [6, 6.07) is 13.0. The lowest BCUT2D eigenvalue weighted by Crippen LogP contribution is -2.16. The highest BCUT2D eigenvalue weighted by molar-refractivity contribution is 6.08. The predicted octanol–water partition coefficient (Wildman–Crippen LogP) is 3.50. The molecule has 3 rings (SSSR count). The van der Waals surface area contributed by atoms with E-state index in [4.69, 9.17) is 14.0 Å². The minimum Gasteiger partial charge on any atom is -0.497 e. The van der Waals surface area contributed by atoms with Crippen LogP contribution in [0.15, 0.2) is 53.1 Å². The Kier molecular flexibility index (Phi) is 5.59. The first kappa shape index (κ1) is 19.0. The molecule has 0 saturated heterocycles. The third-order valence-corrected chi connectivity index (χ3v) is 3.91. The van der Waals surface area contributed by atoms with Gasteiger partial charge in [-0.3, -0.25) is 9.59 Å². The van der Waals surface area contributed by atoms with Crippen LogP contribution >= 0.6 is 0 Å². The van der Waals surface area contributed by atoms with Gasteiger partial charge in [0.2, 0.25) is 0 Å². The smallest absolute Gasteiger partial charge is 0.256 e. The molecule has 0 spiro atoms. The molecule has 8 heteroatoms. The van der Waals surface area contributed by atoms with E-state index in [1.807, 2.05) is 0 Å². The molecule has 144 valence electrons. The number of nitrogens with one attached hydrogen (secondary N) is 2. The predicted molar refractivity (Wildman–Crippen MR) is 103 cm³/mol. The second kappa shape index (κ2) is 8.26. The number of carbonyl (C=O) groups is 2. The molecule has 1 heterocycles. The minimum atomic E-state index is -0.401. The normalized spacial score (nSPS) is 10.2. The molecule has 28 heavy (non-hydrogen) atoms. The van der Waals surface area contributed by atoms with E-state index in [0.29, 0.717) is 39.9 Å². The van der Waals surface area contributed by atoms with E-state index in [1.165, 1.54) is 20.3 Å². The minimum absolute atomic E-state index is 0.304. The first-order valence-corrected chi connectivity index (χ1v) is 8.38. The fourth-order valence-electron chi connectivity index (χ4n) is 2.52. The Balaban J connectivity index is 1.78. The lowest BCUT2D eigenvalue weighted by molar-refractivity contribution is 0.102. The fourth-order valence-corrected chi connectivity index (χ4v) is 2.52. The van der Waals surface area contributed by atoms with E-state index in [2.05, 4.69) is 15.8 Å². The van der Waals surface area contributed by atoms with Crippen molar-refractivity contribution in [1.82, 2.24) is 5.16 Å². The van der Waals surface area contributed by atoms with E-state index < -0.39 is 11.8 Å². The van der Waals surface area contributed by atoms with Crippen molar-refractivity contribution < 1.29 is 23.6 Å². The van der Waals surface area contributed by atoms with Gasteiger partial charge in [0, 0.05) is 23.3 Å². The summed E-state index contributed by atoms with van der Waals surface area (Å²) in [5.41, 5.74) is 1.08. The summed E-state index contributed by atoms with van der Waals surface area (Å²) in [5.74, 6) is 1.16. The summed E-state index contributed by atoms with van der Waals surface area (Å²) in [6.07, 6.45) is 0. The van der Waals surface area contributed by atoms with Crippen molar-refractivity contribution in [3.63, 3.8) is 0 Å². The zero-order valence-electron chi connectivity index (χ0n) is 15.6. The van der Waals surface area contributed by atoms with E-state index in [-0.39, 0.29) is 0 Å². The van der Waals surface area contributed by atoms with Crippen LogP contribution in [0.3, 0.4) is 0 Å². The quantitative estimate of drug-likeness (QED) is 0.677. The Morgan fingerprint density at radius 2 is 1.64 bits per heavy atom. The number of anilines is 2. The lowest BCUT2D eigenvalue weighted by Gasteiger charge is -2.12. The number of aryl methyl sites for hydroxylation is 1. The summed E-state index contributed by atoms with van der Waals surface area (Å²) in [6.45, 7) is 1.72. The van der Waals surface area contributed by atoms with Crippen LogP contribution in [-0.2, 0) is 0 Å². The van der Waals surface area contributed by atoms with Gasteiger partial charge in [0.25, 0.3) is 11.8 Å². The van der Waals surface area contributed by atoms with Crippen LogP contribution < -0.4 is 20.1 Å². The van der Waals surface area contributed by atoms with E-state index >= 15 is 0 Å². The Morgan fingerprint density at radius 3 is 2.25 bits per heavy atom. The van der Waals surface area contributed by atoms with Gasteiger partial charge in [-0.1, -0.05) is 11.2 Å². The van der Waals surface area contributed by atoms with Gasteiger partial charge in [0.05, 0.1) is 19.9 Å². The van der Waals surface area contributed by atoms with Gasteiger partial charge in [0.1, 0.15) is 17.3 Å². The first-order valence-electron chi connectivity index (χ1n) is 8.38. The summed E-state index contributed by atoms with van der Waals surface area (Å²) < 4.78 is 15.4. The second-order valence-electron chi connectivity index (χ2n) is 5.88. The number of benzene rings is 2. The van der Waals surface area contributed by atoms with Gasteiger partial charge >= 0.3 is 0 Å². The van der Waals surface area contributed by atoms with Crippen LogP contribution in [0.1, 0.15) is 26.5 Å². The number of amides is 2. The molecule has 3 aromatic rings. The molecule has 0 unspecified atom stereocenters. The van der Waals surface area contributed by atoms with Crippen molar-refractivity contribution in [2.45, 2.75) is 6.92 Å². The van der Waals surface area contributed by atoms with Crippen LogP contribution in [0.4, 0.5) is 11.5 Å². The monoisotopic (exact) mass is 381 g/mol. The highest BCUT2D eigenvalue weighted by atomic mass is 16.5. The highest BCUT2D eigenvalue weighted by Gasteiger charge is 2.14. The number of ether oxygens (including phenoxy) is 2. The van der Waals surface area contributed by atoms with Crippen molar-refractivity contribution in [2.24, 2.45) is 0 Å². The molecule has 0 aliphatic rings. The molecule has 0 saturated carbocycles. The standard InChI is InChI=1S/C20H19N3O5/c1-12-9-18(23-28-12)22-20(25)14-6-4-5-13(10-14)19(24)21-16-11-15(26-2)7-8-17(16)27-3/h4-11H,1-3H3,(H,21,24)(H,22,23,25). The molecular weight excluding hydrogens is 362 g/mol. The number of hydrogen-bond donors (Lipinski definition) is 2. The summed E-state index contributed by atoms with van der Waals surface area (Å²) in [7, 11) is 3.04. The topological polar surface area (TPSA) is 103 Å². The molecule has 2 N–H and O–H groups in total. The number of hydrogen-bond acceptors (Lipinski definition) is 6. The first-order chi connectivity index (χ1) is 13.5. The molecule has 1 aromatic heterocycles. The average Bonchev–Trinajstić information content (AvgIpc) is 3.12. The van der Waals surface area contributed by atoms with Crippen LogP contribution in [0.2, 0.25) is 0 Å². The van der Waals surface area contributed by atoms with Gasteiger partial charge in [0.15, 0.2) is 5.82 Å². The molecule has 8 nitrogen and oxygen atoms in total. The van der Waals surface area contributed by atoms with Crippen LogP contribution in [0, 0.1) is 6.92 Å². The molecule has 2 aromatic carbocycles. The van der Waals surface area contributed by atoms with Crippen molar-refractivity contribution in [3.8, 4) is 11.5 Å². The number of carbonyl (C=O) groups excluding carboxylic acids is 2. The van der Waals surface area contributed by atoms with Crippen LogP contribution in [0.5, 0.6) is 11.5 Å². The molecule has 2 amide bonds. The van der Waals surface area contributed by atoms with Crippen molar-refractivity contribution in [2.75, 3.05) is 24.9 Å². The lowest BCUT2D eigenvalue weighted by atomic mass is 10.1. The van der Waals surface area contributed by atoms with Crippen molar-refractivity contribution in [3.05, 3.63) is 65.4 Å². The van der Waals surface area contributed by atoms with Gasteiger partial charge < -0.3 is 24.6 Å². The zero-order chi connectivity index (χ0) is 20.1. The maximum Gasteiger partial charge on any atom is 0.256 e. The van der Waals surface area contributed by atoms with Crippen molar-refractivity contribution in [1.29, 1.82) is 0 Å². The fraction of sp³-hybridized carbons (Fsp3) is 0.150. The maximum absolute atomic E-state index is 12.7. The Labute approximate surface area is 161 Å². The largest absolute Gasteiger partial charge is 0.497 e. The highest BCUT2D eigenvalue weighted by Crippen LogP contribution is 2.29.